The average Bonchev–Trinajstić information content (AvgIpc) is 3.37. The molecule has 0 saturated carbocycles. The fourth-order valence-electron chi connectivity index (χ4n) is 7.43. The third-order valence-corrected chi connectivity index (χ3v) is 9.71. The molecule has 226 valence electrons. The zero-order chi connectivity index (χ0) is 31.5. The Balaban J connectivity index is 1.54. The summed E-state index contributed by atoms with van der Waals surface area (Å²) in [7, 11) is 2.96. The lowest BCUT2D eigenvalue weighted by Gasteiger charge is -2.39. The Kier molecular flexibility index (Phi) is 6.77. The van der Waals surface area contributed by atoms with Crippen molar-refractivity contribution in [1.29, 1.82) is 0 Å². The second kappa shape index (κ2) is 10.6. The van der Waals surface area contributed by atoms with Crippen LogP contribution in [-0.4, -0.2) is 20.2 Å². The van der Waals surface area contributed by atoms with Gasteiger partial charge in [0.15, 0.2) is 5.60 Å². The van der Waals surface area contributed by atoms with Crippen molar-refractivity contribution in [3.8, 4) is 22.6 Å². The van der Waals surface area contributed by atoms with E-state index in [1.54, 1.807) is 31.4 Å². The van der Waals surface area contributed by atoms with Gasteiger partial charge in [-0.25, -0.2) is 13.6 Å². The lowest BCUT2D eigenvalue weighted by Crippen LogP contribution is -2.35. The Morgan fingerprint density at radius 2 is 1.44 bits per heavy atom. The van der Waals surface area contributed by atoms with Crippen LogP contribution in [0.25, 0.3) is 28.0 Å². The van der Waals surface area contributed by atoms with Crippen LogP contribution in [0, 0.1) is 11.6 Å². The van der Waals surface area contributed by atoms with E-state index < -0.39 is 17.0 Å². The molecule has 0 fully saturated rings. The molecule has 0 spiro atoms. The summed E-state index contributed by atoms with van der Waals surface area (Å²) >= 11 is 0. The zero-order valence-electron chi connectivity index (χ0n) is 25.5. The molecule has 0 bridgehead atoms. The average molecular weight is 603 g/mol. The van der Waals surface area contributed by atoms with Gasteiger partial charge in [0.05, 0.1) is 19.8 Å². The number of halogens is 2. The van der Waals surface area contributed by atoms with Gasteiger partial charge < -0.3 is 14.2 Å². The summed E-state index contributed by atoms with van der Waals surface area (Å²) in [5.74, 6) is 0.154. The monoisotopic (exact) mass is 602 g/mol. The smallest absolute Gasteiger partial charge is 0.337 e. The van der Waals surface area contributed by atoms with E-state index in [0.717, 1.165) is 57.2 Å². The first-order chi connectivity index (χ1) is 21.8. The summed E-state index contributed by atoms with van der Waals surface area (Å²) in [5.41, 5.74) is 5.26. The van der Waals surface area contributed by atoms with E-state index in [-0.39, 0.29) is 11.6 Å². The summed E-state index contributed by atoms with van der Waals surface area (Å²) in [6.45, 7) is 4.26. The standard InChI is InChI=1S/C39H32F2O4/c1-5-38(6-2)33-22-27(41)14-18-30(33)34-29-17-13-26(40)21-32(29)36-31(35(34)38)19-20-39(45-36,25-11-15-28(43-3)16-12-25)24-9-7-23(8-10-24)37(42)44-4/h7-22H,5-6H2,1-4H3. The van der Waals surface area contributed by atoms with Gasteiger partial charge in [0.25, 0.3) is 0 Å². The van der Waals surface area contributed by atoms with E-state index in [9.17, 15) is 9.18 Å². The molecule has 6 heteroatoms. The van der Waals surface area contributed by atoms with Crippen LogP contribution in [0.3, 0.4) is 0 Å². The van der Waals surface area contributed by atoms with Gasteiger partial charge in [-0.05, 0) is 95.1 Å². The molecule has 1 unspecified atom stereocenters. The van der Waals surface area contributed by atoms with Gasteiger partial charge in [-0.2, -0.15) is 0 Å². The molecule has 0 N–H and O–H groups in total. The summed E-state index contributed by atoms with van der Waals surface area (Å²) in [6, 6.07) is 24.6. The zero-order valence-corrected chi connectivity index (χ0v) is 25.5. The van der Waals surface area contributed by atoms with Crippen LogP contribution in [0.5, 0.6) is 11.5 Å². The van der Waals surface area contributed by atoms with Crippen molar-refractivity contribution in [3.05, 3.63) is 136 Å². The number of ether oxygens (including phenoxy) is 3. The molecule has 5 aromatic rings. The first kappa shape index (κ1) is 28.8. The van der Waals surface area contributed by atoms with Gasteiger partial charge in [-0.1, -0.05) is 56.3 Å². The van der Waals surface area contributed by atoms with Crippen molar-refractivity contribution >= 4 is 22.8 Å². The van der Waals surface area contributed by atoms with Gasteiger partial charge >= 0.3 is 5.97 Å². The minimum Gasteiger partial charge on any atom is -0.497 e. The van der Waals surface area contributed by atoms with Crippen LogP contribution < -0.4 is 9.47 Å². The molecular weight excluding hydrogens is 570 g/mol. The maximum absolute atomic E-state index is 15.1. The summed E-state index contributed by atoms with van der Waals surface area (Å²) < 4.78 is 47.5. The minimum absolute atomic E-state index is 0.280. The Morgan fingerprint density at radius 3 is 2.09 bits per heavy atom. The number of rotatable bonds is 6. The number of methoxy groups -OCH3 is 2. The lowest BCUT2D eigenvalue weighted by molar-refractivity contribution is 0.0600. The van der Waals surface area contributed by atoms with Gasteiger partial charge in [0, 0.05) is 27.5 Å². The van der Waals surface area contributed by atoms with Crippen molar-refractivity contribution in [2.24, 2.45) is 0 Å². The van der Waals surface area contributed by atoms with Crippen LogP contribution in [0.1, 0.15) is 64.9 Å². The van der Waals surface area contributed by atoms with E-state index in [2.05, 4.69) is 19.9 Å². The van der Waals surface area contributed by atoms with Crippen molar-refractivity contribution in [2.75, 3.05) is 14.2 Å². The molecule has 7 rings (SSSR count). The van der Waals surface area contributed by atoms with Crippen molar-refractivity contribution in [1.82, 2.24) is 0 Å². The fraction of sp³-hybridized carbons (Fsp3) is 0.205. The van der Waals surface area contributed by atoms with Gasteiger partial charge in [0.1, 0.15) is 23.1 Å². The van der Waals surface area contributed by atoms with Crippen LogP contribution >= 0.6 is 0 Å². The third-order valence-electron chi connectivity index (χ3n) is 9.71. The van der Waals surface area contributed by atoms with Crippen LogP contribution in [0.2, 0.25) is 0 Å². The van der Waals surface area contributed by atoms with Crippen molar-refractivity contribution < 1.29 is 27.8 Å². The van der Waals surface area contributed by atoms with E-state index in [1.807, 2.05) is 48.5 Å². The molecule has 0 saturated heterocycles. The molecule has 5 aromatic carbocycles. The number of hydrogen-bond donors (Lipinski definition) is 0. The lowest BCUT2D eigenvalue weighted by atomic mass is 9.71. The first-order valence-electron chi connectivity index (χ1n) is 15.1. The second-order valence-corrected chi connectivity index (χ2v) is 11.6. The minimum atomic E-state index is -1.12. The molecular formula is C39H32F2O4. The highest BCUT2D eigenvalue weighted by Gasteiger charge is 2.47. The van der Waals surface area contributed by atoms with Crippen molar-refractivity contribution in [2.45, 2.75) is 37.7 Å². The Labute approximate surface area is 260 Å². The molecule has 2 aliphatic rings. The highest BCUT2D eigenvalue weighted by molar-refractivity contribution is 6.08. The molecule has 0 amide bonds. The SMILES string of the molecule is CCC1(CC)c2cc(F)ccc2-c2c1c1c(c3cc(F)ccc23)OC(c2ccc(OC)cc2)(c2ccc(C(=O)OC)cc2)C=C1. The second-order valence-electron chi connectivity index (χ2n) is 11.6. The molecule has 4 nitrogen and oxygen atoms in total. The Bertz CT molecular complexity index is 2010. The molecule has 1 aliphatic heterocycles. The normalized spacial score (nSPS) is 17.3. The quantitative estimate of drug-likeness (QED) is 0.182. The predicted molar refractivity (Wildman–Crippen MR) is 172 cm³/mol. The molecule has 1 heterocycles. The maximum Gasteiger partial charge on any atom is 0.337 e. The number of benzene rings is 5. The third kappa shape index (κ3) is 4.12. The van der Waals surface area contributed by atoms with E-state index in [4.69, 9.17) is 14.2 Å². The molecule has 1 aliphatic carbocycles. The Morgan fingerprint density at radius 1 is 0.800 bits per heavy atom. The highest BCUT2D eigenvalue weighted by atomic mass is 19.1. The number of carbonyl (C=O) groups excluding carboxylic acids is 1. The topological polar surface area (TPSA) is 44.8 Å². The van der Waals surface area contributed by atoms with Crippen LogP contribution in [0.15, 0.2) is 91.0 Å². The van der Waals surface area contributed by atoms with Gasteiger partial charge in [-0.15, -0.1) is 0 Å². The summed E-state index contributed by atoms with van der Waals surface area (Å²) in [4.78, 5) is 12.3. The van der Waals surface area contributed by atoms with Gasteiger partial charge in [0.2, 0.25) is 0 Å². The highest BCUT2D eigenvalue weighted by Crippen LogP contribution is 2.60. The number of hydrogen-bond acceptors (Lipinski definition) is 4. The Hall–Kier alpha value is -4.97. The van der Waals surface area contributed by atoms with Gasteiger partial charge in [-0.3, -0.25) is 0 Å². The van der Waals surface area contributed by atoms with E-state index in [1.165, 1.54) is 25.3 Å². The number of esters is 1. The number of fused-ring (bicyclic) bond motifs is 8. The fourth-order valence-corrected chi connectivity index (χ4v) is 7.43. The van der Waals surface area contributed by atoms with E-state index >= 15 is 4.39 Å². The molecule has 0 radical (unpaired) electrons. The maximum atomic E-state index is 15.1. The predicted octanol–water partition coefficient (Wildman–Crippen LogP) is 9.35. The number of carbonyl (C=O) groups is 1. The molecule has 1 atom stereocenters. The van der Waals surface area contributed by atoms with Crippen molar-refractivity contribution in [3.63, 3.8) is 0 Å². The molecule has 45 heavy (non-hydrogen) atoms. The first-order valence-corrected chi connectivity index (χ1v) is 15.1. The molecule has 0 aromatic heterocycles. The van der Waals surface area contributed by atoms with E-state index in [0.29, 0.717) is 22.4 Å². The summed E-state index contributed by atoms with van der Waals surface area (Å²) in [5, 5.41) is 1.48. The van der Waals surface area contributed by atoms with Crippen LogP contribution in [-0.2, 0) is 15.8 Å². The van der Waals surface area contributed by atoms with Crippen LogP contribution in [0.4, 0.5) is 8.78 Å². The summed E-state index contributed by atoms with van der Waals surface area (Å²) in [6.07, 6.45) is 5.59. The largest absolute Gasteiger partial charge is 0.497 e.